The Bertz CT molecular complexity index is 1280. The van der Waals surface area contributed by atoms with E-state index in [1.165, 1.54) is 0 Å². The maximum atomic E-state index is 12.8. The molecule has 0 bridgehead atoms. The molecule has 0 saturated heterocycles. The molecule has 0 aliphatic heterocycles. The van der Waals surface area contributed by atoms with Crippen LogP contribution < -0.4 is 15.4 Å². The van der Waals surface area contributed by atoms with Crippen LogP contribution in [0.15, 0.2) is 91.1 Å². The van der Waals surface area contributed by atoms with Crippen LogP contribution in [0.3, 0.4) is 0 Å². The van der Waals surface area contributed by atoms with Gasteiger partial charge in [-0.1, -0.05) is 30.3 Å². The SMILES string of the molecule is O=C(Nc1ccccc1)C1(C(=O)Nc2ccc(Oc3ccnc4ccccc34)cc2)CC1. The third-order valence-electron chi connectivity index (χ3n) is 5.60. The number of carbonyl (C=O) groups excluding carboxylic acids is 2. The van der Waals surface area contributed by atoms with Crippen LogP contribution in [0.4, 0.5) is 11.4 Å². The maximum Gasteiger partial charge on any atom is 0.240 e. The summed E-state index contributed by atoms with van der Waals surface area (Å²) in [7, 11) is 0. The average molecular weight is 423 g/mol. The first-order valence-corrected chi connectivity index (χ1v) is 10.4. The van der Waals surface area contributed by atoms with E-state index in [0.717, 1.165) is 10.9 Å². The van der Waals surface area contributed by atoms with E-state index in [9.17, 15) is 9.59 Å². The fourth-order valence-corrected chi connectivity index (χ4v) is 3.60. The zero-order chi connectivity index (χ0) is 22.0. The Morgan fingerprint density at radius 3 is 2.06 bits per heavy atom. The molecule has 0 radical (unpaired) electrons. The van der Waals surface area contributed by atoms with Gasteiger partial charge in [0.05, 0.1) is 5.52 Å². The highest BCUT2D eigenvalue weighted by Gasteiger charge is 2.56. The first-order chi connectivity index (χ1) is 15.6. The van der Waals surface area contributed by atoms with Crippen LogP contribution in [0.1, 0.15) is 12.8 Å². The number of anilines is 2. The highest BCUT2D eigenvalue weighted by molar-refractivity contribution is 6.16. The number of fused-ring (bicyclic) bond motifs is 1. The van der Waals surface area contributed by atoms with Crippen molar-refractivity contribution in [1.29, 1.82) is 0 Å². The van der Waals surface area contributed by atoms with E-state index in [1.54, 1.807) is 42.6 Å². The normalized spacial score (nSPS) is 13.9. The fourth-order valence-electron chi connectivity index (χ4n) is 3.60. The van der Waals surface area contributed by atoms with E-state index in [2.05, 4.69) is 15.6 Å². The molecule has 6 nitrogen and oxygen atoms in total. The third-order valence-corrected chi connectivity index (χ3v) is 5.60. The summed E-state index contributed by atoms with van der Waals surface area (Å²) in [6.07, 6.45) is 2.78. The Labute approximate surface area is 185 Å². The molecule has 2 N–H and O–H groups in total. The van der Waals surface area contributed by atoms with Gasteiger partial charge < -0.3 is 15.4 Å². The number of nitrogens with one attached hydrogen (secondary N) is 2. The van der Waals surface area contributed by atoms with E-state index in [4.69, 9.17) is 4.74 Å². The Hall–Kier alpha value is -4.19. The second-order valence-electron chi connectivity index (χ2n) is 7.81. The number of hydrogen-bond acceptors (Lipinski definition) is 4. The molecule has 2 amide bonds. The van der Waals surface area contributed by atoms with Crippen LogP contribution in [0.5, 0.6) is 11.5 Å². The molecule has 158 valence electrons. The van der Waals surface area contributed by atoms with Gasteiger partial charge in [-0.05, 0) is 67.4 Å². The molecule has 1 aliphatic carbocycles. The number of carbonyl (C=O) groups is 2. The number of rotatable bonds is 6. The minimum absolute atomic E-state index is 0.272. The number of pyridine rings is 1. The summed E-state index contributed by atoms with van der Waals surface area (Å²) >= 11 is 0. The highest BCUT2D eigenvalue weighted by atomic mass is 16.5. The summed E-state index contributed by atoms with van der Waals surface area (Å²) < 4.78 is 6.02. The molecule has 1 heterocycles. The molecule has 1 aromatic heterocycles. The van der Waals surface area contributed by atoms with Crippen molar-refractivity contribution in [3.63, 3.8) is 0 Å². The van der Waals surface area contributed by atoms with Crippen molar-refractivity contribution >= 4 is 34.1 Å². The molecule has 1 saturated carbocycles. The Morgan fingerprint density at radius 2 is 1.38 bits per heavy atom. The van der Waals surface area contributed by atoms with Gasteiger partial charge >= 0.3 is 0 Å². The Kier molecular flexibility index (Phi) is 5.03. The number of hydrogen-bond donors (Lipinski definition) is 2. The predicted molar refractivity (Wildman–Crippen MR) is 124 cm³/mol. The Morgan fingerprint density at radius 1 is 0.750 bits per heavy atom. The Balaban J connectivity index is 1.25. The average Bonchev–Trinajstić information content (AvgIpc) is 3.64. The number of ether oxygens (including phenoxy) is 1. The minimum atomic E-state index is -1.01. The summed E-state index contributed by atoms with van der Waals surface area (Å²) in [5, 5.41) is 6.63. The molecule has 3 aromatic carbocycles. The van der Waals surface area contributed by atoms with Gasteiger partial charge in [0.2, 0.25) is 11.8 Å². The van der Waals surface area contributed by atoms with Gasteiger partial charge in [-0.15, -0.1) is 0 Å². The van der Waals surface area contributed by atoms with E-state index in [1.807, 2.05) is 48.5 Å². The van der Waals surface area contributed by atoms with Crippen molar-refractivity contribution in [1.82, 2.24) is 4.98 Å². The summed E-state index contributed by atoms with van der Waals surface area (Å²) in [6, 6.07) is 25.9. The van der Waals surface area contributed by atoms with Crippen LogP contribution in [-0.4, -0.2) is 16.8 Å². The number of aromatic nitrogens is 1. The topological polar surface area (TPSA) is 80.3 Å². The lowest BCUT2D eigenvalue weighted by Crippen LogP contribution is -2.35. The van der Waals surface area contributed by atoms with E-state index < -0.39 is 5.41 Å². The van der Waals surface area contributed by atoms with Crippen molar-refractivity contribution in [2.75, 3.05) is 10.6 Å². The van der Waals surface area contributed by atoms with Gasteiger partial charge in [-0.2, -0.15) is 0 Å². The van der Waals surface area contributed by atoms with Crippen molar-refractivity contribution in [3.05, 3.63) is 91.1 Å². The summed E-state index contributed by atoms with van der Waals surface area (Å²) in [5.74, 6) is 0.787. The minimum Gasteiger partial charge on any atom is -0.457 e. The van der Waals surface area contributed by atoms with Gasteiger partial charge in [0.25, 0.3) is 0 Å². The first-order valence-electron chi connectivity index (χ1n) is 10.4. The van der Waals surface area contributed by atoms with Crippen LogP contribution in [0.25, 0.3) is 10.9 Å². The molecule has 1 fully saturated rings. The van der Waals surface area contributed by atoms with Crippen molar-refractivity contribution in [2.45, 2.75) is 12.8 Å². The lowest BCUT2D eigenvalue weighted by Gasteiger charge is -2.16. The maximum absolute atomic E-state index is 12.8. The lowest BCUT2D eigenvalue weighted by atomic mass is 10.0. The third kappa shape index (κ3) is 3.90. The number of benzene rings is 3. The molecule has 0 unspecified atom stereocenters. The van der Waals surface area contributed by atoms with Crippen molar-refractivity contribution in [3.8, 4) is 11.5 Å². The molecule has 1 aliphatic rings. The van der Waals surface area contributed by atoms with E-state index in [-0.39, 0.29) is 11.8 Å². The molecular formula is C26H21N3O3. The molecular weight excluding hydrogens is 402 g/mol. The first kappa shape index (κ1) is 19.8. The van der Waals surface area contributed by atoms with Crippen LogP contribution in [0.2, 0.25) is 0 Å². The zero-order valence-electron chi connectivity index (χ0n) is 17.2. The number of amides is 2. The van der Waals surface area contributed by atoms with Gasteiger partial charge in [0, 0.05) is 23.0 Å². The summed E-state index contributed by atoms with van der Waals surface area (Å²) in [6.45, 7) is 0. The summed E-state index contributed by atoms with van der Waals surface area (Å²) in [5.41, 5.74) is 1.14. The molecule has 0 atom stereocenters. The second kappa shape index (κ2) is 8.15. The largest absolute Gasteiger partial charge is 0.457 e. The molecule has 4 aromatic rings. The van der Waals surface area contributed by atoms with Crippen LogP contribution in [0, 0.1) is 5.41 Å². The smallest absolute Gasteiger partial charge is 0.240 e. The van der Waals surface area contributed by atoms with Crippen LogP contribution >= 0.6 is 0 Å². The fraction of sp³-hybridized carbons (Fsp3) is 0.115. The highest BCUT2D eigenvalue weighted by Crippen LogP contribution is 2.47. The van der Waals surface area contributed by atoms with Gasteiger partial charge in [-0.3, -0.25) is 14.6 Å². The quantitative estimate of drug-likeness (QED) is 0.408. The second-order valence-corrected chi connectivity index (χ2v) is 7.81. The molecule has 32 heavy (non-hydrogen) atoms. The van der Waals surface area contributed by atoms with E-state index in [0.29, 0.717) is 35.7 Å². The molecule has 6 heteroatoms. The van der Waals surface area contributed by atoms with Crippen LogP contribution in [-0.2, 0) is 9.59 Å². The van der Waals surface area contributed by atoms with E-state index >= 15 is 0 Å². The van der Waals surface area contributed by atoms with Crippen molar-refractivity contribution in [2.24, 2.45) is 5.41 Å². The van der Waals surface area contributed by atoms with Crippen molar-refractivity contribution < 1.29 is 14.3 Å². The lowest BCUT2D eigenvalue weighted by molar-refractivity contribution is -0.131. The zero-order valence-corrected chi connectivity index (χ0v) is 17.2. The molecule has 0 spiro atoms. The standard InChI is InChI=1S/C26H21N3O3/c30-24(28-18-6-2-1-3-7-18)26(15-16-26)25(31)29-19-10-12-20(13-11-19)32-23-14-17-27-22-9-5-4-8-21(22)23/h1-14,17H,15-16H2,(H,28,30)(H,29,31). The van der Waals surface area contributed by atoms with Gasteiger partial charge in [-0.25, -0.2) is 0 Å². The number of para-hydroxylation sites is 2. The van der Waals surface area contributed by atoms with Gasteiger partial charge in [0.1, 0.15) is 16.9 Å². The van der Waals surface area contributed by atoms with Gasteiger partial charge in [0.15, 0.2) is 0 Å². The summed E-state index contributed by atoms with van der Waals surface area (Å²) in [4.78, 5) is 29.9. The molecule has 5 rings (SSSR count). The predicted octanol–water partition coefficient (Wildman–Crippen LogP) is 5.38. The monoisotopic (exact) mass is 423 g/mol. The number of nitrogens with zero attached hydrogens (tertiary/aromatic N) is 1.